The molecule has 0 unspecified atom stereocenters. The number of carbonyl (C=O) groups is 1. The van der Waals surface area contributed by atoms with Gasteiger partial charge in [-0.05, 0) is 36.2 Å². The monoisotopic (exact) mass is 510 g/mol. The van der Waals surface area contributed by atoms with Gasteiger partial charge in [0.2, 0.25) is 5.91 Å². The molecule has 2 aromatic heterocycles. The van der Waals surface area contributed by atoms with Gasteiger partial charge in [-0.15, -0.1) is 0 Å². The van der Waals surface area contributed by atoms with Gasteiger partial charge >= 0.3 is 0 Å². The van der Waals surface area contributed by atoms with E-state index in [4.69, 9.17) is 9.47 Å². The molecule has 12 nitrogen and oxygen atoms in total. The zero-order valence-corrected chi connectivity index (χ0v) is 20.2. The Morgan fingerprint density at radius 1 is 1.17 bits per heavy atom. The lowest BCUT2D eigenvalue weighted by Gasteiger charge is -2.10. The standard InChI is InChI=1S/C23H22N6O6S/c1-34-18-8-3-14(11-19(18)35-2)9-10-24-20(30)13-36-23-26-21-17(22(31)27-23)12-25-28(21)15-4-6-16(7-5-15)29(32)33/h3-8,11-12H,9-10,13H2,1-2H3,(H,24,30)(H,26,27,31). The van der Waals surface area contributed by atoms with E-state index >= 15 is 0 Å². The number of rotatable bonds is 10. The molecule has 0 aliphatic carbocycles. The quantitative estimate of drug-likeness (QED) is 0.142. The summed E-state index contributed by atoms with van der Waals surface area (Å²) in [6, 6.07) is 11.3. The highest BCUT2D eigenvalue weighted by Gasteiger charge is 2.14. The molecule has 0 atom stereocenters. The van der Waals surface area contributed by atoms with Crippen LogP contribution < -0.4 is 20.3 Å². The lowest BCUT2D eigenvalue weighted by molar-refractivity contribution is -0.384. The van der Waals surface area contributed by atoms with Crippen LogP contribution in [-0.2, 0) is 11.2 Å². The van der Waals surface area contributed by atoms with Crippen molar-refractivity contribution >= 4 is 34.4 Å². The Morgan fingerprint density at radius 2 is 1.92 bits per heavy atom. The Morgan fingerprint density at radius 3 is 2.61 bits per heavy atom. The number of aromatic amines is 1. The van der Waals surface area contributed by atoms with Crippen molar-refractivity contribution in [3.05, 3.63) is 74.7 Å². The van der Waals surface area contributed by atoms with Gasteiger partial charge < -0.3 is 19.8 Å². The van der Waals surface area contributed by atoms with Crippen molar-refractivity contribution in [2.45, 2.75) is 11.6 Å². The maximum Gasteiger partial charge on any atom is 0.269 e. The summed E-state index contributed by atoms with van der Waals surface area (Å²) < 4.78 is 11.9. The number of hydrogen-bond acceptors (Lipinski definition) is 9. The maximum absolute atomic E-state index is 12.5. The van der Waals surface area contributed by atoms with Crippen LogP contribution in [0.5, 0.6) is 11.5 Å². The predicted octanol–water partition coefficient (Wildman–Crippen LogP) is 2.49. The summed E-state index contributed by atoms with van der Waals surface area (Å²) in [6.45, 7) is 0.421. The summed E-state index contributed by atoms with van der Waals surface area (Å²) in [7, 11) is 3.13. The highest BCUT2D eigenvalue weighted by atomic mass is 32.2. The first kappa shape index (κ1) is 24.7. The van der Waals surface area contributed by atoms with E-state index in [0.29, 0.717) is 30.2 Å². The number of nitrogens with one attached hydrogen (secondary N) is 2. The summed E-state index contributed by atoms with van der Waals surface area (Å²) in [5, 5.41) is 18.4. The molecule has 36 heavy (non-hydrogen) atoms. The lowest BCUT2D eigenvalue weighted by atomic mass is 10.1. The molecule has 0 spiro atoms. The van der Waals surface area contributed by atoms with Crippen LogP contribution in [0, 0.1) is 10.1 Å². The average Bonchev–Trinajstić information content (AvgIpc) is 3.32. The first-order chi connectivity index (χ1) is 17.4. The fourth-order valence-electron chi connectivity index (χ4n) is 3.44. The number of aromatic nitrogens is 4. The molecule has 1 amide bonds. The van der Waals surface area contributed by atoms with E-state index in [1.807, 2.05) is 18.2 Å². The van der Waals surface area contributed by atoms with Crippen LogP contribution in [0.15, 0.2) is 58.6 Å². The zero-order chi connectivity index (χ0) is 25.7. The fraction of sp³-hybridized carbons (Fsp3) is 0.217. The van der Waals surface area contributed by atoms with Gasteiger partial charge in [0.05, 0.1) is 36.8 Å². The molecule has 2 N–H and O–H groups in total. The van der Waals surface area contributed by atoms with E-state index in [1.165, 1.54) is 35.1 Å². The minimum Gasteiger partial charge on any atom is -0.493 e. The van der Waals surface area contributed by atoms with E-state index in [2.05, 4.69) is 20.4 Å². The Kier molecular flexibility index (Phi) is 7.49. The number of amides is 1. The van der Waals surface area contributed by atoms with Crippen LogP contribution in [0.25, 0.3) is 16.7 Å². The number of carbonyl (C=O) groups excluding carboxylic acids is 1. The third-order valence-electron chi connectivity index (χ3n) is 5.25. The first-order valence-corrected chi connectivity index (χ1v) is 11.7. The molecule has 2 aromatic carbocycles. The van der Waals surface area contributed by atoms with Gasteiger partial charge in [-0.1, -0.05) is 17.8 Å². The number of non-ortho nitro benzene ring substituents is 1. The predicted molar refractivity (Wildman–Crippen MR) is 133 cm³/mol. The number of methoxy groups -OCH3 is 2. The van der Waals surface area contributed by atoms with Crippen LogP contribution in [0.4, 0.5) is 5.69 Å². The Balaban J connectivity index is 1.39. The van der Waals surface area contributed by atoms with Crippen LogP contribution in [0.3, 0.4) is 0 Å². The normalized spacial score (nSPS) is 10.8. The molecule has 13 heteroatoms. The lowest BCUT2D eigenvalue weighted by Crippen LogP contribution is -2.27. The topological polar surface area (TPSA) is 154 Å². The van der Waals surface area contributed by atoms with E-state index in [1.54, 1.807) is 14.2 Å². The Hall–Kier alpha value is -4.39. The smallest absolute Gasteiger partial charge is 0.269 e. The maximum atomic E-state index is 12.5. The summed E-state index contributed by atoms with van der Waals surface area (Å²) in [5.41, 5.74) is 1.32. The van der Waals surface area contributed by atoms with Gasteiger partial charge in [-0.25, -0.2) is 9.67 Å². The number of H-pyrrole nitrogens is 1. The Labute approximate surface area is 208 Å². The van der Waals surface area contributed by atoms with E-state index in [9.17, 15) is 19.7 Å². The molecule has 4 aromatic rings. The van der Waals surface area contributed by atoms with Crippen LogP contribution in [0.1, 0.15) is 5.56 Å². The van der Waals surface area contributed by atoms with Gasteiger partial charge in [-0.3, -0.25) is 19.7 Å². The van der Waals surface area contributed by atoms with Crippen LogP contribution >= 0.6 is 11.8 Å². The van der Waals surface area contributed by atoms with Crippen molar-refractivity contribution in [1.82, 2.24) is 25.1 Å². The van der Waals surface area contributed by atoms with Crippen molar-refractivity contribution in [2.24, 2.45) is 0 Å². The molecule has 2 heterocycles. The van der Waals surface area contributed by atoms with Crippen molar-refractivity contribution in [3.63, 3.8) is 0 Å². The number of ether oxygens (including phenoxy) is 2. The summed E-state index contributed by atoms with van der Waals surface area (Å²) in [6.07, 6.45) is 1.98. The molecule has 0 saturated carbocycles. The number of thioether (sulfide) groups is 1. The molecule has 0 bridgehead atoms. The molecule has 0 fully saturated rings. The number of hydrogen-bond donors (Lipinski definition) is 2. The minimum absolute atomic E-state index is 0.0477. The second-order valence-corrected chi connectivity index (χ2v) is 8.48. The largest absolute Gasteiger partial charge is 0.493 e. The molecule has 4 rings (SSSR count). The third kappa shape index (κ3) is 5.46. The molecule has 0 saturated heterocycles. The van der Waals surface area contributed by atoms with Gasteiger partial charge in [0.25, 0.3) is 11.2 Å². The SMILES string of the molecule is COc1ccc(CCNC(=O)CSc2nc3c(cnn3-c3ccc([N+](=O)[O-])cc3)c(=O)[nH]2)cc1OC. The number of nitrogens with zero attached hydrogens (tertiary/aromatic N) is 4. The highest BCUT2D eigenvalue weighted by molar-refractivity contribution is 7.99. The van der Waals surface area contributed by atoms with Crippen molar-refractivity contribution in [1.29, 1.82) is 0 Å². The number of fused-ring (bicyclic) bond motifs is 1. The molecular formula is C23H22N6O6S. The molecule has 186 valence electrons. The zero-order valence-electron chi connectivity index (χ0n) is 19.4. The molecular weight excluding hydrogens is 488 g/mol. The first-order valence-electron chi connectivity index (χ1n) is 10.7. The van der Waals surface area contributed by atoms with Gasteiger partial charge in [0.1, 0.15) is 5.39 Å². The van der Waals surface area contributed by atoms with Gasteiger partial charge in [0.15, 0.2) is 22.3 Å². The van der Waals surface area contributed by atoms with E-state index in [-0.39, 0.29) is 33.5 Å². The van der Waals surface area contributed by atoms with E-state index < -0.39 is 10.5 Å². The molecule has 0 aliphatic rings. The Bertz CT molecular complexity index is 1470. The molecule has 0 aliphatic heterocycles. The minimum atomic E-state index is -0.498. The average molecular weight is 511 g/mol. The second kappa shape index (κ2) is 10.9. The van der Waals surface area contributed by atoms with Crippen molar-refractivity contribution in [2.75, 3.05) is 26.5 Å². The number of nitro groups is 1. The number of nitro benzene ring substituents is 1. The summed E-state index contributed by atoms with van der Waals surface area (Å²) in [5.74, 6) is 1.09. The summed E-state index contributed by atoms with van der Waals surface area (Å²) in [4.78, 5) is 42.3. The summed E-state index contributed by atoms with van der Waals surface area (Å²) >= 11 is 1.08. The fourth-order valence-corrected chi connectivity index (χ4v) is 4.12. The van der Waals surface area contributed by atoms with E-state index in [0.717, 1.165) is 17.3 Å². The second-order valence-electron chi connectivity index (χ2n) is 7.52. The van der Waals surface area contributed by atoms with Crippen molar-refractivity contribution < 1.29 is 19.2 Å². The molecule has 0 radical (unpaired) electrons. The third-order valence-corrected chi connectivity index (χ3v) is 6.12. The van der Waals surface area contributed by atoms with Crippen LogP contribution in [-0.4, -0.2) is 57.1 Å². The van der Waals surface area contributed by atoms with Gasteiger partial charge in [0, 0.05) is 18.7 Å². The van der Waals surface area contributed by atoms with Crippen LogP contribution in [0.2, 0.25) is 0 Å². The van der Waals surface area contributed by atoms with Crippen molar-refractivity contribution in [3.8, 4) is 17.2 Å². The highest BCUT2D eigenvalue weighted by Crippen LogP contribution is 2.27. The number of benzene rings is 2. The van der Waals surface area contributed by atoms with Gasteiger partial charge in [-0.2, -0.15) is 5.10 Å².